The number of nitrogens with zero attached hydrogens (tertiary/aromatic N) is 4. The summed E-state index contributed by atoms with van der Waals surface area (Å²) in [5.41, 5.74) is -0.678. The van der Waals surface area contributed by atoms with Gasteiger partial charge in [0, 0.05) is 20.2 Å². The molecule has 6 nitrogen and oxygen atoms in total. The Kier molecular flexibility index (Phi) is 4.75. The Labute approximate surface area is 120 Å². The van der Waals surface area contributed by atoms with Crippen molar-refractivity contribution in [2.24, 2.45) is 0 Å². The molecule has 20 heavy (non-hydrogen) atoms. The molecule has 0 N–H and O–H groups in total. The molecule has 1 aromatic rings. The lowest BCUT2D eigenvalue weighted by molar-refractivity contribution is -0.161. The first-order valence-corrected chi connectivity index (χ1v) is 7.33. The van der Waals surface area contributed by atoms with Crippen molar-refractivity contribution in [3.8, 4) is 0 Å². The lowest BCUT2D eigenvalue weighted by atomic mass is 9.94. The summed E-state index contributed by atoms with van der Waals surface area (Å²) in [5.74, 6) is 0.852. The number of rotatable bonds is 5. The molecule has 1 unspecified atom stereocenters. The molecule has 1 fully saturated rings. The minimum Gasteiger partial charge on any atom is -0.365 e. The summed E-state index contributed by atoms with van der Waals surface area (Å²) in [6, 6.07) is 0. The third kappa shape index (κ3) is 3.17. The lowest BCUT2D eigenvalue weighted by Crippen LogP contribution is -2.49. The monoisotopic (exact) mass is 280 g/mol. The van der Waals surface area contributed by atoms with E-state index in [4.69, 9.17) is 4.74 Å². The first kappa shape index (κ1) is 15.0. The molecule has 1 amide bonds. The fourth-order valence-electron chi connectivity index (χ4n) is 2.62. The number of amides is 1. The SMILES string of the molecule is CCCn1cnnc1CN(C)C(=O)C1(C)CCCCO1. The van der Waals surface area contributed by atoms with Crippen molar-refractivity contribution in [2.75, 3.05) is 13.7 Å². The van der Waals surface area contributed by atoms with Gasteiger partial charge in [0.2, 0.25) is 0 Å². The van der Waals surface area contributed by atoms with Crippen LogP contribution in [0, 0.1) is 0 Å². The second kappa shape index (κ2) is 6.35. The quantitative estimate of drug-likeness (QED) is 0.822. The summed E-state index contributed by atoms with van der Waals surface area (Å²) < 4.78 is 7.71. The van der Waals surface area contributed by atoms with Gasteiger partial charge in [-0.05, 0) is 32.6 Å². The maximum Gasteiger partial charge on any atom is 0.254 e. The van der Waals surface area contributed by atoms with Gasteiger partial charge in [0.15, 0.2) is 5.82 Å². The summed E-state index contributed by atoms with van der Waals surface area (Å²) in [5, 5.41) is 8.03. The second-order valence-electron chi connectivity index (χ2n) is 5.64. The molecule has 1 aliphatic heterocycles. The molecule has 0 aliphatic carbocycles. The maximum absolute atomic E-state index is 12.6. The van der Waals surface area contributed by atoms with Gasteiger partial charge in [-0.1, -0.05) is 6.92 Å². The highest BCUT2D eigenvalue weighted by atomic mass is 16.5. The number of hydrogen-bond donors (Lipinski definition) is 0. The number of carbonyl (C=O) groups is 1. The van der Waals surface area contributed by atoms with Gasteiger partial charge in [-0.15, -0.1) is 10.2 Å². The molecule has 2 heterocycles. The third-order valence-corrected chi connectivity index (χ3v) is 3.81. The van der Waals surface area contributed by atoms with E-state index in [1.807, 2.05) is 11.5 Å². The highest BCUT2D eigenvalue weighted by molar-refractivity contribution is 5.84. The third-order valence-electron chi connectivity index (χ3n) is 3.81. The Morgan fingerprint density at radius 1 is 1.55 bits per heavy atom. The van der Waals surface area contributed by atoms with Crippen molar-refractivity contribution in [1.82, 2.24) is 19.7 Å². The van der Waals surface area contributed by atoms with E-state index >= 15 is 0 Å². The average molecular weight is 280 g/mol. The molecule has 0 aromatic carbocycles. The van der Waals surface area contributed by atoms with Crippen LogP contribution >= 0.6 is 0 Å². The van der Waals surface area contributed by atoms with Gasteiger partial charge in [-0.3, -0.25) is 4.79 Å². The van der Waals surface area contributed by atoms with Crippen LogP contribution in [-0.2, 0) is 22.6 Å². The van der Waals surface area contributed by atoms with E-state index in [0.717, 1.165) is 38.1 Å². The molecule has 6 heteroatoms. The minimum atomic E-state index is -0.678. The number of likely N-dealkylation sites (N-methyl/N-ethyl adjacent to an activating group) is 1. The molecule has 1 aliphatic rings. The molecule has 0 saturated carbocycles. The number of aromatic nitrogens is 3. The first-order chi connectivity index (χ1) is 9.57. The second-order valence-corrected chi connectivity index (χ2v) is 5.64. The number of carbonyl (C=O) groups excluding carboxylic acids is 1. The van der Waals surface area contributed by atoms with Gasteiger partial charge in [-0.25, -0.2) is 0 Å². The lowest BCUT2D eigenvalue weighted by Gasteiger charge is -2.35. The van der Waals surface area contributed by atoms with Crippen molar-refractivity contribution < 1.29 is 9.53 Å². The molecular formula is C14H24N4O2. The average Bonchev–Trinajstić information content (AvgIpc) is 2.86. The summed E-state index contributed by atoms with van der Waals surface area (Å²) >= 11 is 0. The Morgan fingerprint density at radius 3 is 3.00 bits per heavy atom. The molecule has 2 rings (SSSR count). The van der Waals surface area contributed by atoms with Crippen molar-refractivity contribution >= 4 is 5.91 Å². The summed E-state index contributed by atoms with van der Waals surface area (Å²) in [6.45, 7) is 6.01. The zero-order valence-electron chi connectivity index (χ0n) is 12.6. The molecule has 1 saturated heterocycles. The maximum atomic E-state index is 12.6. The molecule has 1 aromatic heterocycles. The first-order valence-electron chi connectivity index (χ1n) is 7.33. The Bertz CT molecular complexity index is 452. The van der Waals surface area contributed by atoms with Gasteiger partial charge < -0.3 is 14.2 Å². The van der Waals surface area contributed by atoms with E-state index in [1.165, 1.54) is 0 Å². The summed E-state index contributed by atoms with van der Waals surface area (Å²) in [7, 11) is 1.80. The predicted molar refractivity (Wildman–Crippen MR) is 75.0 cm³/mol. The van der Waals surface area contributed by atoms with Gasteiger partial charge in [-0.2, -0.15) is 0 Å². The zero-order chi connectivity index (χ0) is 14.6. The normalized spacial score (nSPS) is 22.8. The van der Waals surface area contributed by atoms with Gasteiger partial charge in [0.25, 0.3) is 5.91 Å². The largest absolute Gasteiger partial charge is 0.365 e. The van der Waals surface area contributed by atoms with E-state index in [0.29, 0.717) is 13.2 Å². The van der Waals surface area contributed by atoms with E-state index in [2.05, 4.69) is 17.1 Å². The molecule has 112 valence electrons. The van der Waals surface area contributed by atoms with Crippen molar-refractivity contribution in [3.05, 3.63) is 12.2 Å². The smallest absolute Gasteiger partial charge is 0.254 e. The summed E-state index contributed by atoms with van der Waals surface area (Å²) in [6.07, 6.45) is 5.61. The summed E-state index contributed by atoms with van der Waals surface area (Å²) in [4.78, 5) is 14.3. The fourth-order valence-corrected chi connectivity index (χ4v) is 2.62. The van der Waals surface area contributed by atoms with Crippen LogP contribution in [-0.4, -0.2) is 44.8 Å². The van der Waals surface area contributed by atoms with E-state index in [9.17, 15) is 4.79 Å². The standard InChI is InChI=1S/C14H24N4O2/c1-4-8-18-11-15-16-12(18)10-17(3)13(19)14(2)7-5-6-9-20-14/h11H,4-10H2,1-3H3. The van der Waals surface area contributed by atoms with Crippen molar-refractivity contribution in [2.45, 2.75) is 58.2 Å². The Morgan fingerprint density at radius 2 is 2.35 bits per heavy atom. The van der Waals surface area contributed by atoms with E-state index < -0.39 is 5.60 Å². The number of hydrogen-bond acceptors (Lipinski definition) is 4. The highest BCUT2D eigenvalue weighted by Crippen LogP contribution is 2.26. The predicted octanol–water partition coefficient (Wildman–Crippen LogP) is 1.61. The zero-order valence-corrected chi connectivity index (χ0v) is 12.6. The van der Waals surface area contributed by atoms with Crippen LogP contribution in [0.25, 0.3) is 0 Å². The number of aryl methyl sites for hydroxylation is 1. The molecule has 0 bridgehead atoms. The van der Waals surface area contributed by atoms with Gasteiger partial charge in [0.05, 0.1) is 6.54 Å². The van der Waals surface area contributed by atoms with Crippen LogP contribution in [0.3, 0.4) is 0 Å². The van der Waals surface area contributed by atoms with Crippen LogP contribution in [0.2, 0.25) is 0 Å². The van der Waals surface area contributed by atoms with Crippen LogP contribution in [0.1, 0.15) is 45.4 Å². The van der Waals surface area contributed by atoms with Crippen molar-refractivity contribution in [3.63, 3.8) is 0 Å². The van der Waals surface area contributed by atoms with Crippen molar-refractivity contribution in [1.29, 1.82) is 0 Å². The van der Waals surface area contributed by atoms with Gasteiger partial charge >= 0.3 is 0 Å². The van der Waals surface area contributed by atoms with Gasteiger partial charge in [0.1, 0.15) is 11.9 Å². The molecular weight excluding hydrogens is 256 g/mol. The van der Waals surface area contributed by atoms with E-state index in [-0.39, 0.29) is 5.91 Å². The Balaban J connectivity index is 2.01. The molecule has 0 spiro atoms. The van der Waals surface area contributed by atoms with Crippen LogP contribution in [0.4, 0.5) is 0 Å². The van der Waals surface area contributed by atoms with Crippen LogP contribution < -0.4 is 0 Å². The highest BCUT2D eigenvalue weighted by Gasteiger charge is 2.38. The van der Waals surface area contributed by atoms with Crippen LogP contribution in [0.15, 0.2) is 6.33 Å². The van der Waals surface area contributed by atoms with Crippen LogP contribution in [0.5, 0.6) is 0 Å². The topological polar surface area (TPSA) is 60.2 Å². The Hall–Kier alpha value is -1.43. The van der Waals surface area contributed by atoms with E-state index in [1.54, 1.807) is 18.3 Å². The minimum absolute atomic E-state index is 0.0308. The molecule has 0 radical (unpaired) electrons. The molecule has 1 atom stereocenters. The fraction of sp³-hybridized carbons (Fsp3) is 0.786. The number of ether oxygens (including phenoxy) is 1.